The highest BCUT2D eigenvalue weighted by Gasteiger charge is 2.00. The number of anilines is 2. The van der Waals surface area contributed by atoms with Gasteiger partial charge in [0.1, 0.15) is 0 Å². The molecule has 0 radical (unpaired) electrons. The van der Waals surface area contributed by atoms with Crippen LogP contribution in [-0.2, 0) is 0 Å². The SMILES string of the molecule is C[C@H](O)CNc1ncc(NC(N)=O)cn1. The first-order valence-corrected chi connectivity index (χ1v) is 4.38. The Hall–Kier alpha value is -1.89. The molecule has 0 bridgehead atoms. The molecule has 0 aliphatic rings. The molecule has 2 amide bonds. The van der Waals surface area contributed by atoms with Crippen LogP contribution in [0.2, 0.25) is 0 Å². The number of nitrogens with zero attached hydrogens (tertiary/aromatic N) is 2. The molecule has 0 aliphatic carbocycles. The molecule has 1 heterocycles. The molecule has 1 atom stereocenters. The summed E-state index contributed by atoms with van der Waals surface area (Å²) in [5.74, 6) is 0.380. The summed E-state index contributed by atoms with van der Waals surface area (Å²) in [6.07, 6.45) is 2.36. The number of rotatable bonds is 4. The van der Waals surface area contributed by atoms with Crippen molar-refractivity contribution in [2.45, 2.75) is 13.0 Å². The van der Waals surface area contributed by atoms with Crippen molar-refractivity contribution >= 4 is 17.7 Å². The highest BCUT2D eigenvalue weighted by Crippen LogP contribution is 2.04. The largest absolute Gasteiger partial charge is 0.392 e. The van der Waals surface area contributed by atoms with E-state index in [-0.39, 0.29) is 0 Å². The Kier molecular flexibility index (Phi) is 3.81. The second-order valence-electron chi connectivity index (χ2n) is 3.01. The van der Waals surface area contributed by atoms with Crippen LogP contribution in [0.25, 0.3) is 0 Å². The summed E-state index contributed by atoms with van der Waals surface area (Å²) in [6, 6.07) is -0.664. The number of urea groups is 1. The molecule has 7 nitrogen and oxygen atoms in total. The molecule has 15 heavy (non-hydrogen) atoms. The number of aromatic nitrogens is 2. The summed E-state index contributed by atoms with van der Waals surface area (Å²) >= 11 is 0. The molecule has 1 aromatic rings. The monoisotopic (exact) mass is 211 g/mol. The van der Waals surface area contributed by atoms with Crippen molar-refractivity contribution in [3.8, 4) is 0 Å². The summed E-state index contributed by atoms with van der Waals surface area (Å²) in [5, 5.41) is 14.1. The fourth-order valence-corrected chi connectivity index (χ4v) is 0.865. The Morgan fingerprint density at radius 3 is 2.67 bits per heavy atom. The maximum Gasteiger partial charge on any atom is 0.316 e. The summed E-state index contributed by atoms with van der Waals surface area (Å²) in [7, 11) is 0. The molecule has 0 fully saturated rings. The van der Waals surface area contributed by atoms with E-state index in [0.717, 1.165) is 0 Å². The minimum atomic E-state index is -0.664. The predicted octanol–water partition coefficient (Wildman–Crippen LogP) is -0.240. The zero-order chi connectivity index (χ0) is 11.3. The molecule has 0 saturated heterocycles. The Morgan fingerprint density at radius 2 is 2.20 bits per heavy atom. The topological polar surface area (TPSA) is 113 Å². The molecule has 1 rings (SSSR count). The Labute approximate surface area is 86.7 Å². The van der Waals surface area contributed by atoms with E-state index in [1.807, 2.05) is 0 Å². The van der Waals surface area contributed by atoms with Crippen molar-refractivity contribution in [3.63, 3.8) is 0 Å². The van der Waals surface area contributed by atoms with Crippen LogP contribution in [-0.4, -0.2) is 33.8 Å². The van der Waals surface area contributed by atoms with Crippen molar-refractivity contribution in [2.75, 3.05) is 17.2 Å². The maximum absolute atomic E-state index is 10.5. The van der Waals surface area contributed by atoms with Crippen LogP contribution in [0.1, 0.15) is 6.92 Å². The third-order valence-corrected chi connectivity index (χ3v) is 1.47. The number of nitrogens with one attached hydrogen (secondary N) is 2. The lowest BCUT2D eigenvalue weighted by molar-refractivity contribution is 0.208. The smallest absolute Gasteiger partial charge is 0.316 e. The van der Waals surface area contributed by atoms with Crippen molar-refractivity contribution in [2.24, 2.45) is 5.73 Å². The van der Waals surface area contributed by atoms with Crippen LogP contribution < -0.4 is 16.4 Å². The van der Waals surface area contributed by atoms with Gasteiger partial charge in [-0.05, 0) is 6.92 Å². The minimum absolute atomic E-state index is 0.364. The van der Waals surface area contributed by atoms with E-state index in [1.54, 1.807) is 6.92 Å². The fraction of sp³-hybridized carbons (Fsp3) is 0.375. The van der Waals surface area contributed by atoms with Crippen molar-refractivity contribution in [3.05, 3.63) is 12.4 Å². The van der Waals surface area contributed by atoms with Gasteiger partial charge in [-0.2, -0.15) is 0 Å². The van der Waals surface area contributed by atoms with E-state index in [0.29, 0.717) is 18.2 Å². The van der Waals surface area contributed by atoms with Crippen LogP contribution in [0.3, 0.4) is 0 Å². The number of nitrogens with two attached hydrogens (primary N) is 1. The lowest BCUT2D eigenvalue weighted by Gasteiger charge is -2.06. The molecule has 0 unspecified atom stereocenters. The average molecular weight is 211 g/mol. The molecular weight excluding hydrogens is 198 g/mol. The fourth-order valence-electron chi connectivity index (χ4n) is 0.865. The van der Waals surface area contributed by atoms with Crippen LogP contribution in [0.4, 0.5) is 16.4 Å². The first kappa shape index (κ1) is 11.2. The number of primary amides is 1. The number of aliphatic hydroxyl groups is 1. The second-order valence-corrected chi connectivity index (χ2v) is 3.01. The third-order valence-electron chi connectivity index (χ3n) is 1.47. The molecule has 5 N–H and O–H groups in total. The van der Waals surface area contributed by atoms with Crippen LogP contribution in [0, 0.1) is 0 Å². The van der Waals surface area contributed by atoms with Crippen LogP contribution in [0.15, 0.2) is 12.4 Å². The predicted molar refractivity (Wildman–Crippen MR) is 55.4 cm³/mol. The first-order chi connectivity index (χ1) is 7.08. The quantitative estimate of drug-likeness (QED) is 0.549. The highest BCUT2D eigenvalue weighted by atomic mass is 16.3. The number of amides is 2. The normalized spacial score (nSPS) is 11.9. The van der Waals surface area contributed by atoms with E-state index in [2.05, 4.69) is 20.6 Å². The average Bonchev–Trinajstić information content (AvgIpc) is 2.16. The Bertz CT molecular complexity index is 324. The lowest BCUT2D eigenvalue weighted by atomic mass is 10.4. The van der Waals surface area contributed by atoms with E-state index in [1.165, 1.54) is 12.4 Å². The Morgan fingerprint density at radius 1 is 1.60 bits per heavy atom. The van der Waals surface area contributed by atoms with Crippen LogP contribution >= 0.6 is 0 Å². The Balaban J connectivity index is 2.52. The van der Waals surface area contributed by atoms with Gasteiger partial charge in [0.15, 0.2) is 0 Å². The van der Waals surface area contributed by atoms with E-state index < -0.39 is 12.1 Å². The van der Waals surface area contributed by atoms with Gasteiger partial charge in [-0.25, -0.2) is 14.8 Å². The second kappa shape index (κ2) is 5.11. The van der Waals surface area contributed by atoms with Crippen molar-refractivity contribution in [1.29, 1.82) is 0 Å². The third kappa shape index (κ3) is 4.23. The van der Waals surface area contributed by atoms with Gasteiger partial charge in [-0.15, -0.1) is 0 Å². The minimum Gasteiger partial charge on any atom is -0.392 e. The molecule has 82 valence electrons. The number of aliphatic hydroxyl groups excluding tert-OH is 1. The van der Waals surface area contributed by atoms with Crippen molar-refractivity contribution < 1.29 is 9.90 Å². The number of hydrogen-bond acceptors (Lipinski definition) is 5. The number of hydrogen-bond donors (Lipinski definition) is 4. The van der Waals surface area contributed by atoms with Gasteiger partial charge >= 0.3 is 6.03 Å². The first-order valence-electron chi connectivity index (χ1n) is 4.38. The zero-order valence-electron chi connectivity index (χ0n) is 8.27. The van der Waals surface area contributed by atoms with Crippen molar-refractivity contribution in [1.82, 2.24) is 9.97 Å². The van der Waals surface area contributed by atoms with Crippen LogP contribution in [0.5, 0.6) is 0 Å². The van der Waals surface area contributed by atoms with Gasteiger partial charge in [0.25, 0.3) is 0 Å². The molecule has 0 aliphatic heterocycles. The highest BCUT2D eigenvalue weighted by molar-refractivity contribution is 5.87. The molecular formula is C8H13N5O2. The summed E-state index contributed by atoms with van der Waals surface area (Å²) in [6.45, 7) is 2.01. The van der Waals surface area contributed by atoms with Gasteiger partial charge in [-0.3, -0.25) is 0 Å². The van der Waals surface area contributed by atoms with Gasteiger partial charge in [-0.1, -0.05) is 0 Å². The molecule has 0 spiro atoms. The van der Waals surface area contributed by atoms with Gasteiger partial charge in [0, 0.05) is 6.54 Å². The summed E-state index contributed by atoms with van der Waals surface area (Å²) < 4.78 is 0. The lowest BCUT2D eigenvalue weighted by Crippen LogP contribution is -2.20. The van der Waals surface area contributed by atoms with Gasteiger partial charge in [0.05, 0.1) is 24.2 Å². The molecule has 7 heteroatoms. The molecule has 1 aromatic heterocycles. The summed E-state index contributed by atoms with van der Waals surface area (Å²) in [5.41, 5.74) is 5.33. The van der Waals surface area contributed by atoms with E-state index in [9.17, 15) is 4.79 Å². The van der Waals surface area contributed by atoms with E-state index >= 15 is 0 Å². The van der Waals surface area contributed by atoms with E-state index in [4.69, 9.17) is 10.8 Å². The standard InChI is InChI=1S/C8H13N5O2/c1-5(14)2-10-8-11-3-6(4-12-8)13-7(9)15/h3-5,14H,2H2,1H3,(H3,9,13,15)(H,10,11,12)/t5-/m0/s1. The number of carbonyl (C=O) groups is 1. The maximum atomic E-state index is 10.5. The number of carbonyl (C=O) groups excluding carboxylic acids is 1. The van der Waals surface area contributed by atoms with Gasteiger partial charge < -0.3 is 21.5 Å². The summed E-state index contributed by atoms with van der Waals surface area (Å²) in [4.78, 5) is 18.3. The molecule has 0 aromatic carbocycles. The molecule has 0 saturated carbocycles. The van der Waals surface area contributed by atoms with Gasteiger partial charge in [0.2, 0.25) is 5.95 Å². The zero-order valence-corrected chi connectivity index (χ0v) is 8.27.